The first-order valence-electron chi connectivity index (χ1n) is 6.39. The van der Waals surface area contributed by atoms with Crippen LogP contribution in [0.4, 0.5) is 5.69 Å². The number of nitrogen functional groups attached to an aromatic ring is 1. The van der Waals surface area contributed by atoms with E-state index >= 15 is 0 Å². The van der Waals surface area contributed by atoms with Crippen LogP contribution in [0.3, 0.4) is 0 Å². The third-order valence-electron chi connectivity index (χ3n) is 3.02. The first-order chi connectivity index (χ1) is 10.2. The largest absolute Gasteiger partial charge is 0.493 e. The van der Waals surface area contributed by atoms with E-state index < -0.39 is 0 Å². The predicted octanol–water partition coefficient (Wildman–Crippen LogP) is 2.63. The summed E-state index contributed by atoms with van der Waals surface area (Å²) in [6.07, 6.45) is 0.226. The molecular formula is C16H16N2O3. The van der Waals surface area contributed by atoms with Crippen molar-refractivity contribution in [3.05, 3.63) is 47.5 Å². The van der Waals surface area contributed by atoms with Gasteiger partial charge in [0.1, 0.15) is 5.75 Å². The second kappa shape index (κ2) is 6.64. The quantitative estimate of drug-likeness (QED) is 0.824. The number of ether oxygens (including phenoxy) is 2. The van der Waals surface area contributed by atoms with Crippen LogP contribution in [0.5, 0.6) is 17.2 Å². The molecule has 0 saturated heterocycles. The maximum Gasteiger partial charge on any atom is 0.169 e. The minimum atomic E-state index is -0.0647. The van der Waals surface area contributed by atoms with Crippen LogP contribution in [-0.2, 0) is 13.0 Å². The molecule has 5 heteroatoms. The lowest BCUT2D eigenvalue weighted by Crippen LogP contribution is -1.96. The Bertz CT molecular complexity index is 678. The molecule has 0 atom stereocenters. The summed E-state index contributed by atoms with van der Waals surface area (Å²) in [5.74, 6) is 1.63. The molecule has 0 aliphatic rings. The molecule has 2 rings (SSSR count). The molecule has 0 spiro atoms. The second-order valence-corrected chi connectivity index (χ2v) is 4.44. The summed E-state index contributed by atoms with van der Waals surface area (Å²) in [6.45, 7) is -0.0647. The van der Waals surface area contributed by atoms with Crippen LogP contribution in [-0.4, -0.2) is 12.2 Å². The highest BCUT2D eigenvalue weighted by Gasteiger charge is 2.08. The molecule has 0 saturated carbocycles. The Balaban J connectivity index is 2.30. The third kappa shape index (κ3) is 3.44. The minimum absolute atomic E-state index is 0.0647. The molecular weight excluding hydrogens is 268 g/mol. The van der Waals surface area contributed by atoms with Crippen molar-refractivity contribution in [2.45, 2.75) is 13.0 Å². The van der Waals surface area contributed by atoms with Crippen molar-refractivity contribution in [3.63, 3.8) is 0 Å². The van der Waals surface area contributed by atoms with E-state index in [1.807, 2.05) is 0 Å². The molecule has 3 N–H and O–H groups in total. The van der Waals surface area contributed by atoms with Gasteiger partial charge in [-0.3, -0.25) is 0 Å². The number of hydrogen-bond donors (Lipinski definition) is 2. The van der Waals surface area contributed by atoms with E-state index in [4.69, 9.17) is 25.6 Å². The van der Waals surface area contributed by atoms with E-state index in [1.54, 1.807) is 36.4 Å². The Hall–Kier alpha value is -2.71. The molecule has 5 nitrogen and oxygen atoms in total. The maximum atomic E-state index is 9.12. The van der Waals surface area contributed by atoms with Gasteiger partial charge in [-0.25, -0.2) is 0 Å². The number of methoxy groups -OCH3 is 1. The normalized spacial score (nSPS) is 9.95. The SMILES string of the molecule is COc1cc(CO)ccc1Oc1ccc(N)c(CC#N)c1. The van der Waals surface area contributed by atoms with Gasteiger partial charge < -0.3 is 20.3 Å². The topological polar surface area (TPSA) is 88.5 Å². The predicted molar refractivity (Wildman–Crippen MR) is 79.2 cm³/mol. The average Bonchev–Trinajstić information content (AvgIpc) is 2.51. The molecule has 0 fully saturated rings. The highest BCUT2D eigenvalue weighted by atomic mass is 16.5. The molecule has 0 aliphatic carbocycles. The number of nitrogens with zero attached hydrogens (tertiary/aromatic N) is 1. The number of benzene rings is 2. The lowest BCUT2D eigenvalue weighted by Gasteiger charge is -2.12. The summed E-state index contributed by atoms with van der Waals surface area (Å²) >= 11 is 0. The van der Waals surface area contributed by atoms with Crippen LogP contribution in [0, 0.1) is 11.3 Å². The zero-order valence-electron chi connectivity index (χ0n) is 11.7. The van der Waals surface area contributed by atoms with Crippen LogP contribution in [0.2, 0.25) is 0 Å². The smallest absolute Gasteiger partial charge is 0.169 e. The molecule has 0 amide bonds. The van der Waals surface area contributed by atoms with Crippen molar-refractivity contribution < 1.29 is 14.6 Å². The van der Waals surface area contributed by atoms with E-state index in [2.05, 4.69) is 6.07 Å². The molecule has 108 valence electrons. The fourth-order valence-corrected chi connectivity index (χ4v) is 1.91. The number of nitriles is 1. The fraction of sp³-hybridized carbons (Fsp3) is 0.188. The van der Waals surface area contributed by atoms with Crippen molar-refractivity contribution in [2.24, 2.45) is 0 Å². The monoisotopic (exact) mass is 284 g/mol. The van der Waals surface area contributed by atoms with E-state index in [9.17, 15) is 0 Å². The lowest BCUT2D eigenvalue weighted by atomic mass is 10.1. The Morgan fingerprint density at radius 3 is 2.67 bits per heavy atom. The van der Waals surface area contributed by atoms with Gasteiger partial charge in [0.15, 0.2) is 11.5 Å². The van der Waals surface area contributed by atoms with Crippen LogP contribution in [0.1, 0.15) is 11.1 Å². The molecule has 0 heterocycles. The van der Waals surface area contributed by atoms with Gasteiger partial charge in [0, 0.05) is 5.69 Å². The zero-order valence-corrected chi connectivity index (χ0v) is 11.7. The molecule has 0 aliphatic heterocycles. The van der Waals surface area contributed by atoms with Crippen molar-refractivity contribution in [2.75, 3.05) is 12.8 Å². The first-order valence-corrected chi connectivity index (χ1v) is 6.39. The van der Waals surface area contributed by atoms with E-state index in [0.717, 1.165) is 11.1 Å². The van der Waals surface area contributed by atoms with Crippen LogP contribution >= 0.6 is 0 Å². The van der Waals surface area contributed by atoms with Gasteiger partial charge in [-0.15, -0.1) is 0 Å². The highest BCUT2D eigenvalue weighted by Crippen LogP contribution is 2.33. The van der Waals surface area contributed by atoms with E-state index in [-0.39, 0.29) is 13.0 Å². The molecule has 0 radical (unpaired) electrons. The minimum Gasteiger partial charge on any atom is -0.493 e. The van der Waals surface area contributed by atoms with Crippen LogP contribution in [0.25, 0.3) is 0 Å². The number of aliphatic hydroxyl groups excluding tert-OH is 1. The summed E-state index contributed by atoms with van der Waals surface area (Å²) in [6, 6.07) is 12.4. The Morgan fingerprint density at radius 1 is 1.19 bits per heavy atom. The molecule has 21 heavy (non-hydrogen) atoms. The zero-order chi connectivity index (χ0) is 15.2. The third-order valence-corrected chi connectivity index (χ3v) is 3.02. The van der Waals surface area contributed by atoms with E-state index in [0.29, 0.717) is 22.9 Å². The highest BCUT2D eigenvalue weighted by molar-refractivity contribution is 5.53. The number of hydrogen-bond acceptors (Lipinski definition) is 5. The summed E-state index contributed by atoms with van der Waals surface area (Å²) in [5, 5.41) is 17.9. The van der Waals surface area contributed by atoms with Crippen molar-refractivity contribution in [1.82, 2.24) is 0 Å². The Morgan fingerprint density at radius 2 is 2.00 bits per heavy atom. The second-order valence-electron chi connectivity index (χ2n) is 4.44. The molecule has 0 aromatic heterocycles. The summed E-state index contributed by atoms with van der Waals surface area (Å²) < 4.78 is 11.0. The molecule has 0 unspecified atom stereocenters. The standard InChI is InChI=1S/C16H16N2O3/c1-20-16-8-11(10-19)2-5-15(16)21-13-3-4-14(18)12(9-13)6-7-17/h2-5,8-9,19H,6,10,18H2,1H3. The molecule has 2 aromatic carbocycles. The number of anilines is 1. The molecule has 0 bridgehead atoms. The number of aliphatic hydroxyl groups is 1. The first kappa shape index (κ1) is 14.7. The van der Waals surface area contributed by atoms with Crippen molar-refractivity contribution >= 4 is 5.69 Å². The fourth-order valence-electron chi connectivity index (χ4n) is 1.91. The maximum absolute atomic E-state index is 9.12. The van der Waals surface area contributed by atoms with Crippen LogP contribution < -0.4 is 15.2 Å². The average molecular weight is 284 g/mol. The van der Waals surface area contributed by atoms with Crippen molar-refractivity contribution in [1.29, 1.82) is 5.26 Å². The lowest BCUT2D eigenvalue weighted by molar-refractivity contribution is 0.280. The van der Waals surface area contributed by atoms with Gasteiger partial charge in [0.2, 0.25) is 0 Å². The van der Waals surface area contributed by atoms with Gasteiger partial charge in [-0.1, -0.05) is 6.07 Å². The number of rotatable bonds is 5. The summed E-state index contributed by atoms with van der Waals surface area (Å²) in [4.78, 5) is 0. The van der Waals surface area contributed by atoms with Gasteiger partial charge in [-0.2, -0.15) is 5.26 Å². The Kier molecular flexibility index (Phi) is 4.64. The number of nitrogens with two attached hydrogens (primary N) is 1. The molecule has 2 aromatic rings. The Labute approximate surface area is 123 Å². The van der Waals surface area contributed by atoms with Gasteiger partial charge in [-0.05, 0) is 41.5 Å². The van der Waals surface area contributed by atoms with Crippen molar-refractivity contribution in [3.8, 4) is 23.3 Å². The summed E-state index contributed by atoms with van der Waals surface area (Å²) in [5.41, 5.74) is 7.83. The van der Waals surface area contributed by atoms with Gasteiger partial charge in [0.05, 0.1) is 26.2 Å². The van der Waals surface area contributed by atoms with Gasteiger partial charge >= 0.3 is 0 Å². The summed E-state index contributed by atoms with van der Waals surface area (Å²) in [7, 11) is 1.54. The van der Waals surface area contributed by atoms with Crippen LogP contribution in [0.15, 0.2) is 36.4 Å². The van der Waals surface area contributed by atoms with Gasteiger partial charge in [0.25, 0.3) is 0 Å². The van der Waals surface area contributed by atoms with E-state index in [1.165, 1.54) is 7.11 Å².